The quantitative estimate of drug-likeness (QED) is 0.292. The molecular formula is C33H43NO5Si2. The Labute approximate surface area is 247 Å². The van der Waals surface area contributed by atoms with Crippen LogP contribution in [0.1, 0.15) is 55.9 Å². The van der Waals surface area contributed by atoms with Crippen LogP contribution in [0.3, 0.4) is 0 Å². The second-order valence-corrected chi connectivity index (χ2v) is 23.2. The van der Waals surface area contributed by atoms with Crippen molar-refractivity contribution in [3.05, 3.63) is 58.7 Å². The van der Waals surface area contributed by atoms with Crippen LogP contribution in [0, 0.1) is 22.9 Å². The minimum Gasteiger partial charge on any atom is -0.480 e. The van der Waals surface area contributed by atoms with Gasteiger partial charge in [-0.2, -0.15) is 0 Å². The standard InChI is InChI=1S/C33H43NO5Si2/c1-22(39-33(2,3)4)30(31(35)36)34-32(37)38-21-29-27-19-23(15-17-40(5,6)7)11-13-25(27)26-14-12-24(20-28(26)29)16-18-41(8,9)10/h11-14,19-20,22,29-30H,21H2,1-10H3,(H,34,37)(H,35,36)/t22?,30-/m0/s1. The summed E-state index contributed by atoms with van der Waals surface area (Å²) in [6, 6.07) is 11.2. The van der Waals surface area contributed by atoms with Crippen LogP contribution in [0.25, 0.3) is 11.1 Å². The predicted molar refractivity (Wildman–Crippen MR) is 170 cm³/mol. The van der Waals surface area contributed by atoms with E-state index in [0.717, 1.165) is 33.4 Å². The third-order valence-corrected chi connectivity index (χ3v) is 7.99. The zero-order valence-corrected chi connectivity index (χ0v) is 28.0. The SMILES string of the molecule is CC(OC(C)(C)C)[C@H](NC(=O)OCC1c2cc(C#C[Si](C)(C)C)ccc2-c2ccc(C#C[Si](C)(C)C)cc21)C(=O)O. The van der Waals surface area contributed by atoms with Gasteiger partial charge in [0.05, 0.1) is 11.7 Å². The second kappa shape index (κ2) is 12.3. The Morgan fingerprint density at radius 3 is 1.76 bits per heavy atom. The van der Waals surface area contributed by atoms with Crippen molar-refractivity contribution in [3.8, 4) is 34.1 Å². The summed E-state index contributed by atoms with van der Waals surface area (Å²) in [5.41, 5.74) is 12.3. The highest BCUT2D eigenvalue weighted by atomic mass is 28.3. The number of alkyl carbamates (subject to hydrolysis) is 1. The van der Waals surface area contributed by atoms with Gasteiger partial charge in [-0.3, -0.25) is 0 Å². The molecule has 0 fully saturated rings. The molecule has 1 aliphatic carbocycles. The van der Waals surface area contributed by atoms with Crippen molar-refractivity contribution >= 4 is 28.2 Å². The molecule has 2 aromatic carbocycles. The number of ether oxygens (including phenoxy) is 2. The van der Waals surface area contributed by atoms with Crippen molar-refractivity contribution in [3.63, 3.8) is 0 Å². The Hall–Kier alpha value is -3.31. The molecule has 2 aromatic rings. The molecule has 0 saturated heterocycles. The molecular weight excluding hydrogens is 547 g/mol. The number of nitrogens with one attached hydrogen (secondary N) is 1. The minimum absolute atomic E-state index is 0.0441. The number of fused-ring (bicyclic) bond motifs is 3. The van der Waals surface area contributed by atoms with Gasteiger partial charge in [-0.25, -0.2) is 9.59 Å². The lowest BCUT2D eigenvalue weighted by Crippen LogP contribution is -2.50. The number of carboxylic acids is 1. The van der Waals surface area contributed by atoms with Crippen LogP contribution in [0.15, 0.2) is 36.4 Å². The van der Waals surface area contributed by atoms with Gasteiger partial charge in [0, 0.05) is 17.0 Å². The van der Waals surface area contributed by atoms with E-state index < -0.39 is 46.0 Å². The van der Waals surface area contributed by atoms with Crippen LogP contribution in [-0.2, 0) is 14.3 Å². The molecule has 0 spiro atoms. The number of hydrogen-bond acceptors (Lipinski definition) is 4. The molecule has 2 N–H and O–H groups in total. The number of benzene rings is 2. The van der Waals surface area contributed by atoms with Crippen molar-refractivity contribution < 1.29 is 24.2 Å². The van der Waals surface area contributed by atoms with Gasteiger partial charge in [0.15, 0.2) is 6.04 Å². The van der Waals surface area contributed by atoms with E-state index in [-0.39, 0.29) is 12.5 Å². The summed E-state index contributed by atoms with van der Waals surface area (Å²) in [7, 11) is -3.13. The van der Waals surface area contributed by atoms with Crippen LogP contribution >= 0.6 is 0 Å². The summed E-state index contributed by atoms with van der Waals surface area (Å²) < 4.78 is 11.5. The summed E-state index contributed by atoms with van der Waals surface area (Å²) in [6.45, 7) is 20.4. The molecule has 0 saturated carbocycles. The molecule has 218 valence electrons. The Morgan fingerprint density at radius 2 is 1.37 bits per heavy atom. The highest BCUT2D eigenvalue weighted by Crippen LogP contribution is 2.45. The number of amides is 1. The predicted octanol–water partition coefficient (Wildman–Crippen LogP) is 6.64. The summed E-state index contributed by atoms with van der Waals surface area (Å²) in [5, 5.41) is 12.2. The molecule has 0 bridgehead atoms. The van der Waals surface area contributed by atoms with Crippen molar-refractivity contribution in [2.75, 3.05) is 6.61 Å². The van der Waals surface area contributed by atoms with Gasteiger partial charge in [-0.05, 0) is 74.2 Å². The third kappa shape index (κ3) is 9.36. The summed E-state index contributed by atoms with van der Waals surface area (Å²) in [4.78, 5) is 24.8. The molecule has 0 heterocycles. The van der Waals surface area contributed by atoms with Crippen molar-refractivity contribution in [1.29, 1.82) is 0 Å². The Bertz CT molecular complexity index is 1360. The van der Waals surface area contributed by atoms with E-state index in [9.17, 15) is 14.7 Å². The third-order valence-electron chi connectivity index (χ3n) is 6.24. The largest absolute Gasteiger partial charge is 0.480 e. The fraction of sp³-hybridized carbons (Fsp3) is 0.455. The Kier molecular flexibility index (Phi) is 9.65. The number of carbonyl (C=O) groups excluding carboxylic acids is 1. The maximum absolute atomic E-state index is 12.9. The van der Waals surface area contributed by atoms with Gasteiger partial charge in [0.1, 0.15) is 22.8 Å². The van der Waals surface area contributed by atoms with Gasteiger partial charge < -0.3 is 19.9 Å². The van der Waals surface area contributed by atoms with Crippen LogP contribution in [-0.4, -0.2) is 57.7 Å². The Morgan fingerprint density at radius 1 is 0.902 bits per heavy atom. The fourth-order valence-corrected chi connectivity index (χ4v) is 5.59. The van der Waals surface area contributed by atoms with E-state index in [2.05, 4.69) is 91.8 Å². The monoisotopic (exact) mass is 589 g/mol. The normalized spacial score (nSPS) is 14.4. The van der Waals surface area contributed by atoms with E-state index in [1.54, 1.807) is 6.92 Å². The van der Waals surface area contributed by atoms with Crippen LogP contribution in [0.5, 0.6) is 0 Å². The molecule has 1 amide bonds. The van der Waals surface area contributed by atoms with Crippen molar-refractivity contribution in [2.45, 2.75) is 90.6 Å². The smallest absolute Gasteiger partial charge is 0.407 e. The van der Waals surface area contributed by atoms with Gasteiger partial charge >= 0.3 is 12.1 Å². The van der Waals surface area contributed by atoms with Gasteiger partial charge in [0.25, 0.3) is 0 Å². The first-order chi connectivity index (χ1) is 18.8. The molecule has 1 unspecified atom stereocenters. The Balaban J connectivity index is 1.93. The molecule has 3 rings (SSSR count). The van der Waals surface area contributed by atoms with Crippen molar-refractivity contribution in [2.24, 2.45) is 0 Å². The molecule has 6 nitrogen and oxygen atoms in total. The highest BCUT2D eigenvalue weighted by molar-refractivity contribution is 6.84. The molecule has 2 atom stereocenters. The van der Waals surface area contributed by atoms with Crippen LogP contribution < -0.4 is 5.32 Å². The molecule has 0 aliphatic heterocycles. The van der Waals surface area contributed by atoms with E-state index in [1.165, 1.54) is 0 Å². The lowest BCUT2D eigenvalue weighted by molar-refractivity contribution is -0.147. The summed E-state index contributed by atoms with van der Waals surface area (Å²) in [5.74, 6) is 5.25. The molecule has 8 heteroatoms. The second-order valence-electron chi connectivity index (χ2n) is 13.7. The van der Waals surface area contributed by atoms with Crippen molar-refractivity contribution in [1.82, 2.24) is 5.32 Å². The molecule has 1 aliphatic rings. The first kappa shape index (κ1) is 32.2. The summed E-state index contributed by atoms with van der Waals surface area (Å²) >= 11 is 0. The maximum Gasteiger partial charge on any atom is 0.407 e. The van der Waals surface area contributed by atoms with E-state index >= 15 is 0 Å². The van der Waals surface area contributed by atoms with E-state index in [4.69, 9.17) is 9.47 Å². The minimum atomic E-state index is -1.57. The van der Waals surface area contributed by atoms with Crippen LogP contribution in [0.2, 0.25) is 39.3 Å². The fourth-order valence-electron chi connectivity index (χ4n) is 4.55. The zero-order chi connectivity index (χ0) is 30.8. The van der Waals surface area contributed by atoms with Gasteiger partial charge in [-0.15, -0.1) is 11.1 Å². The zero-order valence-electron chi connectivity index (χ0n) is 26.0. The lowest BCUT2D eigenvalue weighted by Gasteiger charge is -2.29. The maximum atomic E-state index is 12.9. The first-order valence-electron chi connectivity index (χ1n) is 14.0. The topological polar surface area (TPSA) is 84.9 Å². The number of aliphatic carboxylic acids is 1. The van der Waals surface area contributed by atoms with Gasteiger partial charge in [-0.1, -0.05) is 63.3 Å². The molecule has 0 radical (unpaired) electrons. The average molecular weight is 590 g/mol. The number of carbonyl (C=O) groups is 2. The van der Waals surface area contributed by atoms with E-state index in [0.29, 0.717) is 0 Å². The highest BCUT2D eigenvalue weighted by Gasteiger charge is 2.33. The number of rotatable bonds is 6. The first-order valence-corrected chi connectivity index (χ1v) is 21.0. The number of hydrogen-bond donors (Lipinski definition) is 2. The van der Waals surface area contributed by atoms with E-state index in [1.807, 2.05) is 32.9 Å². The van der Waals surface area contributed by atoms with Crippen LogP contribution in [0.4, 0.5) is 4.79 Å². The number of carboxylic acid groups (broad SMARTS) is 1. The van der Waals surface area contributed by atoms with Gasteiger partial charge in [0.2, 0.25) is 0 Å². The summed E-state index contributed by atoms with van der Waals surface area (Å²) in [6.07, 6.45) is -1.56. The molecule has 41 heavy (non-hydrogen) atoms. The average Bonchev–Trinajstić information content (AvgIpc) is 3.13. The molecule has 0 aromatic heterocycles. The lowest BCUT2D eigenvalue weighted by atomic mass is 9.96.